The van der Waals surface area contributed by atoms with Gasteiger partial charge in [-0.2, -0.15) is 0 Å². The molecule has 12 nitrogen and oxygen atoms in total. The highest BCUT2D eigenvalue weighted by Crippen LogP contribution is 2.36. The van der Waals surface area contributed by atoms with Crippen LogP contribution in [-0.4, -0.2) is 70.7 Å². The van der Waals surface area contributed by atoms with Crippen molar-refractivity contribution < 1.29 is 33.0 Å². The molecule has 0 bridgehead atoms. The summed E-state index contributed by atoms with van der Waals surface area (Å²) in [5.41, 5.74) is 1.74. The van der Waals surface area contributed by atoms with Crippen LogP contribution in [0.3, 0.4) is 0 Å². The zero-order valence-corrected chi connectivity index (χ0v) is 24.5. The van der Waals surface area contributed by atoms with Gasteiger partial charge in [0.25, 0.3) is 5.91 Å². The van der Waals surface area contributed by atoms with E-state index in [2.05, 4.69) is 25.6 Å². The predicted molar refractivity (Wildman–Crippen MR) is 157 cm³/mol. The number of halogens is 1. The quantitative estimate of drug-likeness (QED) is 0.189. The van der Waals surface area contributed by atoms with Crippen LogP contribution < -0.4 is 15.4 Å². The number of nitrogens with one attached hydrogen (secondary N) is 3. The molecule has 1 aliphatic rings. The lowest BCUT2D eigenvalue weighted by atomic mass is 10.3. The second-order valence-corrected chi connectivity index (χ2v) is 11.1. The molecule has 3 heterocycles. The number of fused-ring (bicyclic) bond motifs is 1. The van der Waals surface area contributed by atoms with E-state index >= 15 is 0 Å². The van der Waals surface area contributed by atoms with E-state index in [0.29, 0.717) is 48.0 Å². The van der Waals surface area contributed by atoms with Crippen LogP contribution in [0.15, 0.2) is 42.7 Å². The summed E-state index contributed by atoms with van der Waals surface area (Å²) >= 11 is 1.45. The molecular weight excluding hydrogens is 579 g/mol. The lowest BCUT2D eigenvalue weighted by Crippen LogP contribution is -2.36. The van der Waals surface area contributed by atoms with Crippen molar-refractivity contribution in [3.05, 3.63) is 64.9 Å². The van der Waals surface area contributed by atoms with E-state index < -0.39 is 11.8 Å². The Morgan fingerprint density at radius 3 is 2.74 bits per heavy atom. The average Bonchev–Trinajstić information content (AvgIpc) is 3.50. The van der Waals surface area contributed by atoms with Crippen LogP contribution in [0.5, 0.6) is 11.5 Å². The van der Waals surface area contributed by atoms with Crippen LogP contribution in [0.25, 0.3) is 10.2 Å². The Bertz CT molecular complexity index is 1620. The number of aromatic amines is 1. The van der Waals surface area contributed by atoms with Crippen molar-refractivity contribution in [3.63, 3.8) is 0 Å². The van der Waals surface area contributed by atoms with Gasteiger partial charge in [-0.3, -0.25) is 14.6 Å². The van der Waals surface area contributed by atoms with E-state index in [1.54, 1.807) is 31.6 Å². The molecule has 5 rings (SSSR count). The number of hydrogen-bond donors (Lipinski definition) is 3. The first-order valence-electron chi connectivity index (χ1n) is 13.6. The number of hydrogen-bond acceptors (Lipinski definition) is 9. The summed E-state index contributed by atoms with van der Waals surface area (Å²) in [5, 5.41) is 5.43. The molecule has 0 radical (unpaired) electrons. The van der Waals surface area contributed by atoms with Gasteiger partial charge in [0.2, 0.25) is 0 Å². The van der Waals surface area contributed by atoms with Crippen molar-refractivity contribution in [3.8, 4) is 11.5 Å². The SMILES string of the molecule is COCCN(Cc1cnc(Cc2cc3nccc(Oc4ccc(NC(=O)NC5CC5)cc4F)c3s2)[nH]1)C(=O)COC(C)=O. The zero-order chi connectivity index (χ0) is 30.3. The number of benzene rings is 1. The van der Waals surface area contributed by atoms with Gasteiger partial charge in [-0.15, -0.1) is 11.3 Å². The monoisotopic (exact) mass is 610 g/mol. The summed E-state index contributed by atoms with van der Waals surface area (Å²) in [4.78, 5) is 50.2. The number of rotatable bonds is 13. The second-order valence-electron chi connectivity index (χ2n) is 9.98. The number of pyridine rings is 1. The average molecular weight is 611 g/mol. The van der Waals surface area contributed by atoms with E-state index in [0.717, 1.165) is 22.4 Å². The minimum atomic E-state index is -0.611. The van der Waals surface area contributed by atoms with Crippen molar-refractivity contribution in [2.24, 2.45) is 0 Å². The summed E-state index contributed by atoms with van der Waals surface area (Å²) in [6.07, 6.45) is 5.64. The van der Waals surface area contributed by atoms with Crippen molar-refractivity contribution in [2.45, 2.75) is 38.8 Å². The lowest BCUT2D eigenvalue weighted by Gasteiger charge is -2.21. The normalized spacial score (nSPS) is 12.6. The van der Waals surface area contributed by atoms with Crippen LogP contribution in [0.2, 0.25) is 0 Å². The highest BCUT2D eigenvalue weighted by Gasteiger charge is 2.23. The van der Waals surface area contributed by atoms with Gasteiger partial charge in [0, 0.05) is 61.9 Å². The summed E-state index contributed by atoms with van der Waals surface area (Å²) in [7, 11) is 1.54. The number of carbonyl (C=O) groups excluding carboxylic acids is 3. The highest BCUT2D eigenvalue weighted by atomic mass is 32.1. The molecule has 3 amide bonds. The van der Waals surface area contributed by atoms with Crippen molar-refractivity contribution in [2.75, 3.05) is 32.2 Å². The molecule has 226 valence electrons. The second kappa shape index (κ2) is 13.6. The van der Waals surface area contributed by atoms with Crippen molar-refractivity contribution in [1.29, 1.82) is 0 Å². The van der Waals surface area contributed by atoms with Gasteiger partial charge in [-0.25, -0.2) is 14.2 Å². The van der Waals surface area contributed by atoms with Gasteiger partial charge < -0.3 is 34.7 Å². The topological polar surface area (TPSA) is 148 Å². The maximum atomic E-state index is 14.9. The fraction of sp³-hybridized carbons (Fsp3) is 0.345. The summed E-state index contributed by atoms with van der Waals surface area (Å²) < 4.78 is 31.5. The Morgan fingerprint density at radius 2 is 2.00 bits per heavy atom. The maximum absolute atomic E-state index is 14.9. The number of amides is 3. The van der Waals surface area contributed by atoms with E-state index in [9.17, 15) is 18.8 Å². The first-order valence-corrected chi connectivity index (χ1v) is 14.4. The number of ether oxygens (including phenoxy) is 3. The number of anilines is 1. The van der Waals surface area contributed by atoms with Crippen molar-refractivity contribution >= 4 is 45.1 Å². The molecule has 1 aliphatic carbocycles. The third kappa shape index (κ3) is 8.26. The van der Waals surface area contributed by atoms with Gasteiger partial charge >= 0.3 is 12.0 Å². The molecule has 1 fully saturated rings. The molecule has 43 heavy (non-hydrogen) atoms. The summed E-state index contributed by atoms with van der Waals surface area (Å²) in [5.74, 6) is -0.323. The zero-order valence-electron chi connectivity index (χ0n) is 23.6. The smallest absolute Gasteiger partial charge is 0.319 e. The number of methoxy groups -OCH3 is 1. The minimum absolute atomic E-state index is 0.0209. The van der Waals surface area contributed by atoms with Gasteiger partial charge in [0.15, 0.2) is 18.2 Å². The van der Waals surface area contributed by atoms with Crippen LogP contribution >= 0.6 is 11.3 Å². The third-order valence-electron chi connectivity index (χ3n) is 6.45. The van der Waals surface area contributed by atoms with E-state index in [4.69, 9.17) is 14.2 Å². The standard InChI is InChI=1S/C29H31FN6O6S/c1-17(37)41-16-27(38)36(9-10-40-2)15-20-14-32-26(33-20)13-21-12-23-28(43-21)25(7-8-31-23)42-24-6-5-19(11-22(24)30)35-29(39)34-18-3-4-18/h5-8,11-12,14,18H,3-4,9-10,13,15-16H2,1-2H3,(H,32,33)(H2,34,35,39). The Balaban J connectivity index is 1.24. The maximum Gasteiger partial charge on any atom is 0.319 e. The summed E-state index contributed by atoms with van der Waals surface area (Å²) in [6, 6.07) is 7.69. The molecule has 4 aromatic rings. The van der Waals surface area contributed by atoms with Gasteiger partial charge in [-0.1, -0.05) is 0 Å². The molecule has 0 atom stereocenters. The Morgan fingerprint density at radius 1 is 1.16 bits per heavy atom. The Kier molecular flexibility index (Phi) is 9.47. The third-order valence-corrected chi connectivity index (χ3v) is 7.59. The van der Waals surface area contributed by atoms with E-state index in [1.807, 2.05) is 6.07 Å². The van der Waals surface area contributed by atoms with Gasteiger partial charge in [0.1, 0.15) is 11.6 Å². The largest absolute Gasteiger partial charge is 0.456 e. The van der Waals surface area contributed by atoms with Crippen LogP contribution in [0, 0.1) is 5.82 Å². The molecular formula is C29H31FN6O6S. The predicted octanol–water partition coefficient (Wildman–Crippen LogP) is 4.36. The number of thiophene rings is 1. The van der Waals surface area contributed by atoms with E-state index in [1.165, 1.54) is 35.3 Å². The first-order chi connectivity index (χ1) is 20.8. The molecule has 3 N–H and O–H groups in total. The van der Waals surface area contributed by atoms with Crippen molar-refractivity contribution in [1.82, 2.24) is 25.2 Å². The Hall–Kier alpha value is -4.56. The summed E-state index contributed by atoms with van der Waals surface area (Å²) in [6.45, 7) is 1.80. The van der Waals surface area contributed by atoms with Crippen LogP contribution in [0.4, 0.5) is 14.9 Å². The van der Waals surface area contributed by atoms with Gasteiger partial charge in [-0.05, 0) is 31.0 Å². The number of nitrogens with zero attached hydrogens (tertiary/aromatic N) is 3. The van der Waals surface area contributed by atoms with Crippen LogP contribution in [-0.2, 0) is 32.0 Å². The minimum Gasteiger partial charge on any atom is -0.456 e. The fourth-order valence-electron chi connectivity index (χ4n) is 4.19. The fourth-order valence-corrected chi connectivity index (χ4v) is 5.25. The molecule has 0 spiro atoms. The molecule has 14 heteroatoms. The number of carbonyl (C=O) groups is 3. The van der Waals surface area contributed by atoms with E-state index in [-0.39, 0.29) is 36.9 Å². The van der Waals surface area contributed by atoms with Crippen LogP contribution in [0.1, 0.15) is 36.2 Å². The lowest BCUT2D eigenvalue weighted by molar-refractivity contribution is -0.150. The Labute approximate surface area is 250 Å². The molecule has 0 saturated heterocycles. The number of H-pyrrole nitrogens is 1. The molecule has 1 aromatic carbocycles. The van der Waals surface area contributed by atoms with Gasteiger partial charge in [0.05, 0.1) is 35.3 Å². The number of aromatic nitrogens is 3. The first kappa shape index (κ1) is 29.9. The highest BCUT2D eigenvalue weighted by molar-refractivity contribution is 7.19. The number of imidazole rings is 1. The number of urea groups is 1. The molecule has 3 aromatic heterocycles. The molecule has 0 unspecified atom stereocenters. The number of esters is 1. The molecule has 0 aliphatic heterocycles. The molecule has 1 saturated carbocycles.